The molecule has 0 unspecified atom stereocenters. The summed E-state index contributed by atoms with van der Waals surface area (Å²) in [6.45, 7) is 0. The topological polar surface area (TPSA) is 103 Å². The van der Waals surface area contributed by atoms with Crippen molar-refractivity contribution in [3.63, 3.8) is 0 Å². The normalized spacial score (nSPS) is 11.9. The number of rotatable bonds is 2. The van der Waals surface area contributed by atoms with Crippen LogP contribution >= 0.6 is 0 Å². The zero-order chi connectivity index (χ0) is 24.5. The Bertz CT molecular complexity index is 1580. The number of nitrogens with two attached hydrogens (primary N) is 1. The predicted octanol–water partition coefficient (Wildman–Crippen LogP) is 4.71. The number of nitrogen functional groups attached to an aromatic ring is 1. The maximum absolute atomic E-state index is 10.7. The molecule has 3 aromatic carbocycles. The van der Waals surface area contributed by atoms with Gasteiger partial charge in [0.25, 0.3) is 5.69 Å². The lowest BCUT2D eigenvalue weighted by Gasteiger charge is -2.08. The Balaban J connectivity index is 0.000000297. The van der Waals surface area contributed by atoms with Crippen molar-refractivity contribution < 1.29 is 30.8 Å². The number of hydrogen-bond donors (Lipinski definition) is 2. The van der Waals surface area contributed by atoms with E-state index in [0.717, 1.165) is 33.4 Å². The molecule has 5 rings (SSSR count). The molecule has 0 bridgehead atoms. The smallest absolute Gasteiger partial charge is 0.485 e. The van der Waals surface area contributed by atoms with Gasteiger partial charge in [-0.1, -0.05) is 59.3 Å². The molecule has 0 fully saturated rings. The molecule has 0 saturated heterocycles. The molecule has 0 atom stereocenters. The molecule has 0 aliphatic heterocycles. The van der Waals surface area contributed by atoms with Crippen LogP contribution in [0.15, 0.2) is 91.1 Å². The molecule has 174 valence electrons. The lowest BCUT2D eigenvalue weighted by molar-refractivity contribution is -0.614. The second-order valence-corrected chi connectivity index (χ2v) is 8.72. The van der Waals surface area contributed by atoms with Crippen LogP contribution in [0.25, 0.3) is 44.2 Å². The molecule has 2 heterocycles. The van der Waals surface area contributed by atoms with Crippen molar-refractivity contribution in [3.05, 3.63) is 91.1 Å². The molecule has 0 aliphatic carbocycles. The van der Waals surface area contributed by atoms with E-state index in [1.807, 2.05) is 35.1 Å². The third-order valence-corrected chi connectivity index (χ3v) is 5.77. The van der Waals surface area contributed by atoms with E-state index in [2.05, 4.69) is 65.6 Å². The maximum atomic E-state index is 10.7. The van der Waals surface area contributed by atoms with E-state index >= 15 is 0 Å². The van der Waals surface area contributed by atoms with Gasteiger partial charge in [-0.25, -0.2) is 14.3 Å². The minimum atomic E-state index is -6.09. The fourth-order valence-electron chi connectivity index (χ4n) is 3.68. The van der Waals surface area contributed by atoms with E-state index in [9.17, 15) is 13.2 Å². The van der Waals surface area contributed by atoms with Gasteiger partial charge in [-0.15, -0.1) is 0 Å². The van der Waals surface area contributed by atoms with E-state index in [-0.39, 0.29) is 0 Å². The van der Waals surface area contributed by atoms with Crippen molar-refractivity contribution in [2.75, 3.05) is 5.84 Å². The molecule has 3 N–H and O–H groups in total. The second kappa shape index (κ2) is 8.81. The summed E-state index contributed by atoms with van der Waals surface area (Å²) in [5, 5.41) is 3.48. The summed E-state index contributed by atoms with van der Waals surface area (Å²) in [6.07, 6.45) is 2.05. The molecule has 5 aromatic rings. The van der Waals surface area contributed by atoms with Crippen LogP contribution in [0.3, 0.4) is 0 Å². The van der Waals surface area contributed by atoms with Crippen molar-refractivity contribution in [1.29, 1.82) is 0 Å². The van der Waals surface area contributed by atoms with Gasteiger partial charge < -0.3 is 9.54 Å². The van der Waals surface area contributed by atoms with Crippen LogP contribution in [0, 0.1) is 0 Å². The van der Waals surface area contributed by atoms with Crippen LogP contribution in [0.2, 0.25) is 0 Å². The quantitative estimate of drug-likeness (QED) is 0.164. The average molecular weight is 485 g/mol. The van der Waals surface area contributed by atoms with E-state index < -0.39 is 15.6 Å². The summed E-state index contributed by atoms with van der Waals surface area (Å²) in [5.41, 5.74) is -0.327. The summed E-state index contributed by atoms with van der Waals surface area (Å²) in [7, 11) is -6.09. The van der Waals surface area contributed by atoms with Gasteiger partial charge >= 0.3 is 5.51 Å². The van der Waals surface area contributed by atoms with Crippen molar-refractivity contribution >= 4 is 31.8 Å². The third-order valence-electron chi connectivity index (χ3n) is 5.21. The number of fused-ring (bicyclic) bond motifs is 2. The first kappa shape index (κ1) is 23.3. The van der Waals surface area contributed by atoms with Crippen LogP contribution in [-0.4, -0.2) is 23.5 Å². The van der Waals surface area contributed by atoms with Gasteiger partial charge in [-0.3, -0.25) is 0 Å². The Kier molecular flexibility index (Phi) is 6.03. The van der Waals surface area contributed by atoms with Crippen molar-refractivity contribution in [1.82, 2.24) is 4.98 Å². The number of alkyl halides is 3. The first-order valence-electron chi connectivity index (χ1n) is 9.95. The summed E-state index contributed by atoms with van der Waals surface area (Å²) >= 11 is 0. The summed E-state index contributed by atoms with van der Waals surface area (Å²) in [4.78, 5) is 3.37. The highest BCUT2D eigenvalue weighted by Gasteiger charge is 2.37. The summed E-state index contributed by atoms with van der Waals surface area (Å²) < 4.78 is 60.7. The van der Waals surface area contributed by atoms with Gasteiger partial charge in [0.05, 0.1) is 10.9 Å². The first-order chi connectivity index (χ1) is 16.1. The SMILES string of the molecule is N[n+]1c(-c2ccccc2)cc2ccccc2c1-c1c[nH]c2ccccc12.O=S(=O)([O-])C(F)(F)F. The Morgan fingerprint density at radius 3 is 2.06 bits per heavy atom. The fraction of sp³-hybridized carbons (Fsp3) is 0.0417. The van der Waals surface area contributed by atoms with Crippen LogP contribution in [0.5, 0.6) is 0 Å². The van der Waals surface area contributed by atoms with E-state index in [0.29, 0.717) is 0 Å². The van der Waals surface area contributed by atoms with Crippen LogP contribution in [-0.2, 0) is 10.1 Å². The summed E-state index contributed by atoms with van der Waals surface area (Å²) in [5.74, 6) is 6.67. The van der Waals surface area contributed by atoms with Crippen LogP contribution in [0.1, 0.15) is 0 Å². The van der Waals surface area contributed by atoms with Crippen LogP contribution in [0.4, 0.5) is 13.2 Å². The molecule has 0 amide bonds. The number of nitrogens with zero attached hydrogens (tertiary/aromatic N) is 1. The molecular formula is C24H18F3N3O3S. The third kappa shape index (κ3) is 4.45. The number of hydrogen-bond acceptors (Lipinski definition) is 4. The molecule has 6 nitrogen and oxygen atoms in total. The average Bonchev–Trinajstić information content (AvgIpc) is 3.22. The van der Waals surface area contributed by atoms with E-state index in [4.69, 9.17) is 18.8 Å². The van der Waals surface area contributed by atoms with E-state index in [1.165, 1.54) is 10.8 Å². The van der Waals surface area contributed by atoms with Gasteiger partial charge in [0, 0.05) is 28.7 Å². The molecule has 0 aliphatic rings. The number of aromatic nitrogens is 2. The zero-order valence-electron chi connectivity index (χ0n) is 17.5. The number of para-hydroxylation sites is 1. The lowest BCUT2D eigenvalue weighted by atomic mass is 10.00. The van der Waals surface area contributed by atoms with Gasteiger partial charge in [-0.2, -0.15) is 13.2 Å². The lowest BCUT2D eigenvalue weighted by Crippen LogP contribution is -2.48. The molecule has 34 heavy (non-hydrogen) atoms. The zero-order valence-corrected chi connectivity index (χ0v) is 18.3. The monoisotopic (exact) mass is 485 g/mol. The Morgan fingerprint density at radius 1 is 0.853 bits per heavy atom. The second-order valence-electron chi connectivity index (χ2n) is 7.35. The number of benzene rings is 3. The molecule has 10 heteroatoms. The maximum Gasteiger partial charge on any atom is 0.485 e. The van der Waals surface area contributed by atoms with Gasteiger partial charge in [0.2, 0.25) is 5.69 Å². The van der Waals surface area contributed by atoms with E-state index in [1.54, 1.807) is 0 Å². The van der Waals surface area contributed by atoms with Crippen molar-refractivity contribution in [2.45, 2.75) is 5.51 Å². The fourth-order valence-corrected chi connectivity index (χ4v) is 3.68. The van der Waals surface area contributed by atoms with Gasteiger partial charge in [0.15, 0.2) is 10.1 Å². The summed E-state index contributed by atoms with van der Waals surface area (Å²) in [6, 6.07) is 29.1. The number of pyridine rings is 1. The van der Waals surface area contributed by atoms with Crippen molar-refractivity contribution in [3.8, 4) is 22.5 Å². The van der Waals surface area contributed by atoms with Gasteiger partial charge in [-0.05, 0) is 29.7 Å². The van der Waals surface area contributed by atoms with Gasteiger partial charge in [0.1, 0.15) is 0 Å². The molecule has 0 radical (unpaired) electrons. The highest BCUT2D eigenvalue weighted by molar-refractivity contribution is 7.86. The Morgan fingerprint density at radius 2 is 1.41 bits per heavy atom. The number of H-pyrrole nitrogens is 1. The number of aromatic amines is 1. The Labute approximate surface area is 192 Å². The standard InChI is InChI=1S/C23H17N3.CHF3O3S/c24-26-22(16-8-2-1-3-9-16)14-17-10-4-5-11-18(17)23(26)20-15-25-21-13-7-6-12-19(20)21;2-1(3,4)8(5,6)7/h1-15H,24H2;(H,5,6,7). The van der Waals surface area contributed by atoms with Crippen molar-refractivity contribution in [2.24, 2.45) is 0 Å². The molecule has 2 aromatic heterocycles. The predicted molar refractivity (Wildman–Crippen MR) is 123 cm³/mol. The minimum Gasteiger partial charge on any atom is -0.741 e. The molecule has 0 spiro atoms. The highest BCUT2D eigenvalue weighted by Crippen LogP contribution is 2.33. The first-order valence-corrected chi connectivity index (χ1v) is 11.4. The largest absolute Gasteiger partial charge is 0.741 e. The number of halogens is 3. The molecule has 0 saturated carbocycles. The number of nitrogens with one attached hydrogen (secondary N) is 1. The molecular weight excluding hydrogens is 467 g/mol. The minimum absolute atomic E-state index is 0.990. The highest BCUT2D eigenvalue weighted by atomic mass is 32.2. The Hall–Kier alpha value is -3.89. The van der Waals surface area contributed by atoms with Crippen LogP contribution < -0.4 is 10.5 Å².